The predicted octanol–water partition coefficient (Wildman–Crippen LogP) is 1.30. The van der Waals surface area contributed by atoms with Gasteiger partial charge < -0.3 is 10.1 Å². The Morgan fingerprint density at radius 3 is 3.29 bits per heavy atom. The SMILES string of the molecule is CCc1ccncc1[C@H]1COCCN1. The molecule has 1 saturated heterocycles. The van der Waals surface area contributed by atoms with E-state index in [0.717, 1.165) is 26.2 Å². The van der Waals surface area contributed by atoms with E-state index in [0.29, 0.717) is 6.04 Å². The summed E-state index contributed by atoms with van der Waals surface area (Å²) in [5.74, 6) is 0. The Morgan fingerprint density at radius 1 is 1.64 bits per heavy atom. The maximum absolute atomic E-state index is 5.45. The van der Waals surface area contributed by atoms with Crippen LogP contribution in [-0.2, 0) is 11.2 Å². The van der Waals surface area contributed by atoms with Gasteiger partial charge in [0.1, 0.15) is 0 Å². The summed E-state index contributed by atoms with van der Waals surface area (Å²) in [6, 6.07) is 2.42. The fourth-order valence-corrected chi connectivity index (χ4v) is 1.84. The van der Waals surface area contributed by atoms with Crippen molar-refractivity contribution in [2.75, 3.05) is 19.8 Å². The van der Waals surface area contributed by atoms with Gasteiger partial charge in [-0.2, -0.15) is 0 Å². The Labute approximate surface area is 84.5 Å². The number of aryl methyl sites for hydroxylation is 1. The highest BCUT2D eigenvalue weighted by molar-refractivity contribution is 5.26. The van der Waals surface area contributed by atoms with E-state index in [-0.39, 0.29) is 0 Å². The van der Waals surface area contributed by atoms with Crippen molar-refractivity contribution in [3.05, 3.63) is 29.6 Å². The van der Waals surface area contributed by atoms with Crippen LogP contribution in [0.2, 0.25) is 0 Å². The van der Waals surface area contributed by atoms with E-state index in [1.54, 1.807) is 0 Å². The molecule has 3 heteroatoms. The minimum absolute atomic E-state index is 0.326. The van der Waals surface area contributed by atoms with Crippen LogP contribution in [0.25, 0.3) is 0 Å². The van der Waals surface area contributed by atoms with Crippen molar-refractivity contribution in [1.29, 1.82) is 0 Å². The molecule has 0 saturated carbocycles. The summed E-state index contributed by atoms with van der Waals surface area (Å²) in [6.07, 6.45) is 4.85. The average Bonchev–Trinajstić information content (AvgIpc) is 2.30. The molecule has 0 spiro atoms. The molecule has 0 bridgehead atoms. The summed E-state index contributed by atoms with van der Waals surface area (Å²) in [7, 11) is 0. The lowest BCUT2D eigenvalue weighted by atomic mass is 10.0. The third-order valence-corrected chi connectivity index (χ3v) is 2.62. The number of ether oxygens (including phenoxy) is 1. The lowest BCUT2D eigenvalue weighted by Crippen LogP contribution is -2.35. The van der Waals surface area contributed by atoms with Crippen molar-refractivity contribution in [2.45, 2.75) is 19.4 Å². The first-order chi connectivity index (χ1) is 6.92. The normalized spacial score (nSPS) is 22.2. The standard InChI is InChI=1S/C11H16N2O/c1-2-9-3-4-12-7-10(9)11-8-14-6-5-13-11/h3-4,7,11,13H,2,5-6,8H2,1H3/t11-/m1/s1. The minimum atomic E-state index is 0.326. The van der Waals surface area contributed by atoms with Gasteiger partial charge in [-0.3, -0.25) is 4.98 Å². The van der Waals surface area contributed by atoms with Gasteiger partial charge >= 0.3 is 0 Å². The molecule has 1 fully saturated rings. The van der Waals surface area contributed by atoms with Gasteiger partial charge in [0.2, 0.25) is 0 Å². The predicted molar refractivity (Wildman–Crippen MR) is 55.2 cm³/mol. The van der Waals surface area contributed by atoms with E-state index in [2.05, 4.69) is 23.3 Å². The maximum atomic E-state index is 5.45. The second-order valence-electron chi connectivity index (χ2n) is 3.51. The fraction of sp³-hybridized carbons (Fsp3) is 0.545. The van der Waals surface area contributed by atoms with Crippen LogP contribution in [0.3, 0.4) is 0 Å². The molecule has 1 atom stereocenters. The van der Waals surface area contributed by atoms with E-state index >= 15 is 0 Å². The van der Waals surface area contributed by atoms with Gasteiger partial charge in [0.15, 0.2) is 0 Å². The molecule has 0 radical (unpaired) electrons. The first-order valence-corrected chi connectivity index (χ1v) is 5.15. The largest absolute Gasteiger partial charge is 0.378 e. The molecule has 76 valence electrons. The summed E-state index contributed by atoms with van der Waals surface area (Å²) < 4.78 is 5.45. The first kappa shape index (κ1) is 9.62. The van der Waals surface area contributed by atoms with Crippen LogP contribution in [0.15, 0.2) is 18.5 Å². The van der Waals surface area contributed by atoms with Gasteiger partial charge in [-0.15, -0.1) is 0 Å². The van der Waals surface area contributed by atoms with Gasteiger partial charge in [0.05, 0.1) is 19.3 Å². The molecule has 2 heterocycles. The molecule has 1 aliphatic rings. The number of nitrogens with one attached hydrogen (secondary N) is 1. The van der Waals surface area contributed by atoms with Crippen molar-refractivity contribution < 1.29 is 4.74 Å². The summed E-state index contributed by atoms with van der Waals surface area (Å²) in [6.45, 7) is 4.68. The molecule has 1 aromatic rings. The van der Waals surface area contributed by atoms with Crippen LogP contribution < -0.4 is 5.32 Å². The monoisotopic (exact) mass is 192 g/mol. The van der Waals surface area contributed by atoms with Crippen molar-refractivity contribution >= 4 is 0 Å². The van der Waals surface area contributed by atoms with E-state index in [1.807, 2.05) is 12.4 Å². The van der Waals surface area contributed by atoms with Crippen molar-refractivity contribution in [1.82, 2.24) is 10.3 Å². The van der Waals surface area contributed by atoms with E-state index in [4.69, 9.17) is 4.74 Å². The van der Waals surface area contributed by atoms with Gasteiger partial charge in [-0.1, -0.05) is 6.92 Å². The Balaban J connectivity index is 2.20. The van der Waals surface area contributed by atoms with Gasteiger partial charge in [0, 0.05) is 18.9 Å². The van der Waals surface area contributed by atoms with Gasteiger partial charge in [-0.05, 0) is 23.6 Å². The minimum Gasteiger partial charge on any atom is -0.378 e. The quantitative estimate of drug-likeness (QED) is 0.767. The van der Waals surface area contributed by atoms with E-state index < -0.39 is 0 Å². The number of nitrogens with zero attached hydrogens (tertiary/aromatic N) is 1. The highest BCUT2D eigenvalue weighted by Crippen LogP contribution is 2.19. The average molecular weight is 192 g/mol. The molecule has 1 aliphatic heterocycles. The Bertz CT molecular complexity index is 295. The number of pyridine rings is 1. The Morgan fingerprint density at radius 2 is 2.57 bits per heavy atom. The molecule has 14 heavy (non-hydrogen) atoms. The number of aromatic nitrogens is 1. The van der Waals surface area contributed by atoms with Crippen LogP contribution in [-0.4, -0.2) is 24.7 Å². The molecule has 2 rings (SSSR count). The van der Waals surface area contributed by atoms with Crippen LogP contribution in [0, 0.1) is 0 Å². The number of rotatable bonds is 2. The summed E-state index contributed by atoms with van der Waals surface area (Å²) in [5, 5.41) is 3.45. The number of morpholine rings is 1. The zero-order chi connectivity index (χ0) is 9.80. The molecule has 3 nitrogen and oxygen atoms in total. The third kappa shape index (κ3) is 1.94. The van der Waals surface area contributed by atoms with E-state index in [9.17, 15) is 0 Å². The maximum Gasteiger partial charge on any atom is 0.0662 e. The molecule has 0 unspecified atom stereocenters. The Kier molecular flexibility index (Phi) is 3.11. The third-order valence-electron chi connectivity index (χ3n) is 2.62. The second-order valence-corrected chi connectivity index (χ2v) is 3.51. The van der Waals surface area contributed by atoms with E-state index in [1.165, 1.54) is 11.1 Å². The van der Waals surface area contributed by atoms with Crippen LogP contribution in [0.5, 0.6) is 0 Å². The lowest BCUT2D eigenvalue weighted by Gasteiger charge is -2.25. The highest BCUT2D eigenvalue weighted by Gasteiger charge is 2.17. The van der Waals surface area contributed by atoms with Crippen molar-refractivity contribution in [3.8, 4) is 0 Å². The van der Waals surface area contributed by atoms with Crippen molar-refractivity contribution in [3.63, 3.8) is 0 Å². The molecule has 0 amide bonds. The fourth-order valence-electron chi connectivity index (χ4n) is 1.84. The number of hydrogen-bond donors (Lipinski definition) is 1. The van der Waals surface area contributed by atoms with Crippen molar-refractivity contribution in [2.24, 2.45) is 0 Å². The van der Waals surface area contributed by atoms with Crippen LogP contribution in [0.1, 0.15) is 24.1 Å². The number of hydrogen-bond acceptors (Lipinski definition) is 3. The summed E-state index contributed by atoms with van der Waals surface area (Å²) in [5.41, 5.74) is 2.65. The highest BCUT2D eigenvalue weighted by atomic mass is 16.5. The zero-order valence-electron chi connectivity index (χ0n) is 8.49. The molecule has 1 aromatic heterocycles. The van der Waals surface area contributed by atoms with Gasteiger partial charge in [-0.25, -0.2) is 0 Å². The lowest BCUT2D eigenvalue weighted by molar-refractivity contribution is 0.0765. The zero-order valence-corrected chi connectivity index (χ0v) is 8.49. The first-order valence-electron chi connectivity index (χ1n) is 5.15. The van der Waals surface area contributed by atoms with Gasteiger partial charge in [0.25, 0.3) is 0 Å². The topological polar surface area (TPSA) is 34.1 Å². The van der Waals surface area contributed by atoms with Crippen LogP contribution in [0.4, 0.5) is 0 Å². The second kappa shape index (κ2) is 4.53. The molecule has 0 aliphatic carbocycles. The molecular formula is C11H16N2O. The smallest absolute Gasteiger partial charge is 0.0662 e. The Hall–Kier alpha value is -0.930. The summed E-state index contributed by atoms with van der Waals surface area (Å²) >= 11 is 0. The molecule has 0 aromatic carbocycles. The van der Waals surface area contributed by atoms with Crippen LogP contribution >= 0.6 is 0 Å². The summed E-state index contributed by atoms with van der Waals surface area (Å²) in [4.78, 5) is 4.17. The molecular weight excluding hydrogens is 176 g/mol. The molecule has 1 N–H and O–H groups in total.